The number of benzene rings is 1. The summed E-state index contributed by atoms with van der Waals surface area (Å²) in [6.45, 7) is 4.16. The van der Waals surface area contributed by atoms with E-state index >= 15 is 0 Å². The predicted octanol–water partition coefficient (Wildman–Crippen LogP) is 1.43. The molecule has 0 aliphatic rings. The zero-order valence-corrected chi connectivity index (χ0v) is 9.99. The molecular weight excluding hydrogens is 210 g/mol. The van der Waals surface area contributed by atoms with E-state index in [2.05, 4.69) is 37.0 Å². The van der Waals surface area contributed by atoms with E-state index in [1.807, 2.05) is 18.6 Å². The Morgan fingerprint density at radius 2 is 1.88 bits per heavy atom. The molecule has 3 aromatic rings. The number of nitrogens with two attached hydrogens (primary N) is 1. The summed E-state index contributed by atoms with van der Waals surface area (Å²) in [4.78, 5) is 3.15. The minimum atomic E-state index is 1.04. The third-order valence-corrected chi connectivity index (χ3v) is 3.17. The van der Waals surface area contributed by atoms with Crippen LogP contribution in [0.1, 0.15) is 11.1 Å². The van der Waals surface area contributed by atoms with Crippen LogP contribution in [0, 0.1) is 13.8 Å². The molecule has 3 heteroatoms. The summed E-state index contributed by atoms with van der Waals surface area (Å²) >= 11 is 0. The Bertz CT molecular complexity index is 732. The molecule has 3 rings (SSSR count). The zero-order chi connectivity index (χ0) is 12.0. The molecule has 0 aliphatic heterocycles. The number of nitrogen functional groups attached to an aromatic ring is 1. The molecule has 0 radical (unpaired) electrons. The van der Waals surface area contributed by atoms with Crippen LogP contribution in [0.5, 0.6) is 0 Å². The van der Waals surface area contributed by atoms with E-state index in [0.717, 1.165) is 5.52 Å². The first-order chi connectivity index (χ1) is 8.15. The van der Waals surface area contributed by atoms with E-state index in [4.69, 9.17) is 5.84 Å². The Morgan fingerprint density at radius 3 is 2.71 bits per heavy atom. The second-order valence-corrected chi connectivity index (χ2v) is 4.56. The number of aryl methyl sites for hydroxylation is 2. The van der Waals surface area contributed by atoms with Crippen LogP contribution in [0.3, 0.4) is 0 Å². The molecule has 0 saturated heterocycles. The number of hydrogen-bond acceptors (Lipinski definition) is 1. The van der Waals surface area contributed by atoms with Crippen LogP contribution in [-0.4, -0.2) is 0 Å². The molecule has 0 fully saturated rings. The average Bonchev–Trinajstić information content (AvgIpc) is 2.28. The van der Waals surface area contributed by atoms with Gasteiger partial charge in [-0.25, -0.2) is 10.8 Å². The lowest BCUT2D eigenvalue weighted by Crippen LogP contribution is -2.44. The maximum Gasteiger partial charge on any atom is 0.242 e. The first kappa shape index (κ1) is 10.0. The molecule has 0 amide bonds. The van der Waals surface area contributed by atoms with Gasteiger partial charge in [0.15, 0.2) is 12.4 Å². The van der Waals surface area contributed by atoms with Crippen LogP contribution in [0.2, 0.25) is 0 Å². The van der Waals surface area contributed by atoms with Gasteiger partial charge < -0.3 is 0 Å². The number of rotatable bonds is 0. The van der Waals surface area contributed by atoms with Crippen molar-refractivity contribution in [2.24, 2.45) is 0 Å². The number of nitrogens with one attached hydrogen (secondary N) is 1. The Morgan fingerprint density at radius 1 is 1.06 bits per heavy atom. The quantitative estimate of drug-likeness (QED) is 0.351. The molecule has 2 heterocycles. The highest BCUT2D eigenvalue weighted by atomic mass is 15.3. The smallest absolute Gasteiger partial charge is 0.217 e. The Kier molecular flexibility index (Phi) is 2.01. The molecule has 84 valence electrons. The van der Waals surface area contributed by atoms with E-state index in [9.17, 15) is 0 Å². The number of aromatic amines is 1. The Balaban J connectivity index is 2.52. The minimum absolute atomic E-state index is 1.04. The number of hydrogen-bond donors (Lipinski definition) is 1. The van der Waals surface area contributed by atoms with Crippen molar-refractivity contribution in [3.8, 4) is 0 Å². The highest BCUT2D eigenvalue weighted by Crippen LogP contribution is 2.21. The standard InChI is InChI=1S/C14H14N3/c1-9-3-11-4-13-10(2)6-16-7-12(13)5-14(11)17(15)8-9/h3-8H,15H2,1-2H3/q+1/p+1. The monoisotopic (exact) mass is 225 g/mol. The molecule has 0 aliphatic carbocycles. The van der Waals surface area contributed by atoms with Crippen molar-refractivity contribution >= 4 is 21.7 Å². The van der Waals surface area contributed by atoms with Gasteiger partial charge in [-0.2, -0.15) is 0 Å². The van der Waals surface area contributed by atoms with Gasteiger partial charge in [0.05, 0.1) is 10.8 Å². The molecule has 0 bridgehead atoms. The second kappa shape index (κ2) is 3.42. The molecule has 17 heavy (non-hydrogen) atoms. The molecule has 0 atom stereocenters. The topological polar surface area (TPSA) is 44.0 Å². The van der Waals surface area contributed by atoms with E-state index in [1.165, 1.54) is 27.3 Å². The van der Waals surface area contributed by atoms with Crippen molar-refractivity contribution in [3.05, 3.63) is 47.9 Å². The van der Waals surface area contributed by atoms with E-state index < -0.39 is 0 Å². The molecule has 0 unspecified atom stereocenters. The second-order valence-electron chi connectivity index (χ2n) is 4.56. The maximum absolute atomic E-state index is 5.99. The van der Waals surface area contributed by atoms with Gasteiger partial charge in [-0.15, -0.1) is 0 Å². The fourth-order valence-electron chi connectivity index (χ4n) is 2.33. The molecule has 0 spiro atoms. The van der Waals surface area contributed by atoms with Gasteiger partial charge in [0.2, 0.25) is 11.7 Å². The molecular formula is C14H15N3+2. The summed E-state index contributed by atoms with van der Waals surface area (Å²) in [6.07, 6.45) is 5.95. The average molecular weight is 225 g/mol. The van der Waals surface area contributed by atoms with Crippen LogP contribution >= 0.6 is 0 Å². The Labute approximate surface area is 99.5 Å². The maximum atomic E-state index is 5.99. The van der Waals surface area contributed by atoms with Crippen LogP contribution in [0.25, 0.3) is 21.7 Å². The molecule has 3 N–H and O–H groups in total. The third kappa shape index (κ3) is 1.51. The minimum Gasteiger partial charge on any atom is -0.217 e. The number of fused-ring (bicyclic) bond motifs is 2. The van der Waals surface area contributed by atoms with E-state index in [1.54, 1.807) is 4.68 Å². The third-order valence-electron chi connectivity index (χ3n) is 3.17. The SMILES string of the molecule is Cc1cc2cc3c(C)c[nH+]cc3cc2[n+](N)c1. The summed E-state index contributed by atoms with van der Waals surface area (Å²) in [7, 11) is 0. The van der Waals surface area contributed by atoms with Crippen molar-refractivity contribution in [1.82, 2.24) is 0 Å². The lowest BCUT2D eigenvalue weighted by Gasteiger charge is -2.01. The highest BCUT2D eigenvalue weighted by Gasteiger charge is 2.11. The first-order valence-electron chi connectivity index (χ1n) is 5.67. The summed E-state index contributed by atoms with van der Waals surface area (Å²) in [5.74, 6) is 5.99. The van der Waals surface area contributed by atoms with Crippen LogP contribution in [0.4, 0.5) is 0 Å². The van der Waals surface area contributed by atoms with Crippen molar-refractivity contribution in [3.63, 3.8) is 0 Å². The molecule has 0 saturated carbocycles. The highest BCUT2D eigenvalue weighted by molar-refractivity contribution is 5.96. The van der Waals surface area contributed by atoms with Gasteiger partial charge in [0, 0.05) is 17.2 Å². The number of H-pyrrole nitrogens is 1. The normalized spacial score (nSPS) is 11.2. The van der Waals surface area contributed by atoms with Crippen LogP contribution in [0.15, 0.2) is 36.8 Å². The van der Waals surface area contributed by atoms with E-state index in [0.29, 0.717) is 0 Å². The van der Waals surface area contributed by atoms with Crippen molar-refractivity contribution in [2.45, 2.75) is 13.8 Å². The van der Waals surface area contributed by atoms with Gasteiger partial charge in [0.25, 0.3) is 0 Å². The lowest BCUT2D eigenvalue weighted by atomic mass is 10.0. The van der Waals surface area contributed by atoms with E-state index in [-0.39, 0.29) is 0 Å². The van der Waals surface area contributed by atoms with Gasteiger partial charge in [0.1, 0.15) is 0 Å². The van der Waals surface area contributed by atoms with Crippen molar-refractivity contribution in [1.29, 1.82) is 0 Å². The predicted molar refractivity (Wildman–Crippen MR) is 67.8 cm³/mol. The number of aromatic nitrogens is 2. The van der Waals surface area contributed by atoms with Crippen molar-refractivity contribution in [2.75, 3.05) is 5.84 Å². The molecule has 1 aromatic carbocycles. The van der Waals surface area contributed by atoms with Gasteiger partial charge in [-0.1, -0.05) is 4.68 Å². The van der Waals surface area contributed by atoms with Crippen LogP contribution in [-0.2, 0) is 0 Å². The first-order valence-corrected chi connectivity index (χ1v) is 5.67. The Hall–Kier alpha value is -2.16. The lowest BCUT2D eigenvalue weighted by molar-refractivity contribution is -0.611. The van der Waals surface area contributed by atoms with Crippen molar-refractivity contribution < 1.29 is 9.66 Å². The fraction of sp³-hybridized carbons (Fsp3) is 0.143. The van der Waals surface area contributed by atoms with Gasteiger partial charge in [-0.05, 0) is 31.4 Å². The largest absolute Gasteiger partial charge is 0.242 e. The summed E-state index contributed by atoms with van der Waals surface area (Å²) in [6, 6.07) is 6.48. The summed E-state index contributed by atoms with van der Waals surface area (Å²) in [5, 5.41) is 3.62. The number of nitrogens with zero attached hydrogens (tertiary/aromatic N) is 1. The van der Waals surface area contributed by atoms with Crippen LogP contribution < -0.4 is 15.5 Å². The molecule has 3 nitrogen and oxygen atoms in total. The van der Waals surface area contributed by atoms with Gasteiger partial charge >= 0.3 is 0 Å². The number of pyridine rings is 2. The summed E-state index contributed by atoms with van der Waals surface area (Å²) < 4.78 is 1.69. The molecule has 2 aromatic heterocycles. The fourth-order valence-corrected chi connectivity index (χ4v) is 2.33. The van der Waals surface area contributed by atoms with Gasteiger partial charge in [-0.3, -0.25) is 0 Å². The summed E-state index contributed by atoms with van der Waals surface area (Å²) in [5.41, 5.74) is 3.45. The zero-order valence-electron chi connectivity index (χ0n) is 9.99.